The monoisotopic (exact) mass is 275 g/mol. The van der Waals surface area contributed by atoms with Crippen LogP contribution in [0.2, 0.25) is 0 Å². The molecule has 2 N–H and O–H groups in total. The first-order valence-electron chi connectivity index (χ1n) is 7.38. The van der Waals surface area contributed by atoms with Gasteiger partial charge in [0.2, 0.25) is 0 Å². The van der Waals surface area contributed by atoms with Crippen LogP contribution in [0.1, 0.15) is 37.2 Å². The van der Waals surface area contributed by atoms with Crippen LogP contribution in [0.4, 0.5) is 0 Å². The van der Waals surface area contributed by atoms with Gasteiger partial charge in [-0.25, -0.2) is 0 Å². The molecule has 0 spiro atoms. The number of nitrogens with one attached hydrogen (secondary N) is 1. The minimum Gasteiger partial charge on any atom is -0.462 e. The largest absolute Gasteiger partial charge is 0.462 e. The molecule has 4 atom stereocenters. The Morgan fingerprint density at radius 3 is 2.50 bits per heavy atom. The van der Waals surface area contributed by atoms with Crippen molar-refractivity contribution in [2.45, 2.75) is 49.8 Å². The van der Waals surface area contributed by atoms with E-state index in [9.17, 15) is 9.90 Å². The van der Waals surface area contributed by atoms with Gasteiger partial charge in [-0.3, -0.25) is 4.79 Å². The van der Waals surface area contributed by atoms with E-state index < -0.39 is 5.92 Å². The average Bonchev–Trinajstić information content (AvgIpc) is 2.80. The molecule has 4 nitrogen and oxygen atoms in total. The molecule has 3 rings (SSSR count). The number of aliphatic hydroxyl groups is 1. The van der Waals surface area contributed by atoms with Gasteiger partial charge < -0.3 is 15.2 Å². The van der Waals surface area contributed by atoms with Crippen molar-refractivity contribution in [3.8, 4) is 0 Å². The van der Waals surface area contributed by atoms with Crippen molar-refractivity contribution in [1.82, 2.24) is 5.32 Å². The van der Waals surface area contributed by atoms with Crippen LogP contribution in [0.25, 0.3) is 0 Å². The number of piperidine rings is 1. The second-order valence-electron chi connectivity index (χ2n) is 5.81. The third-order valence-corrected chi connectivity index (χ3v) is 4.38. The van der Waals surface area contributed by atoms with Gasteiger partial charge in [0.05, 0.1) is 6.61 Å². The van der Waals surface area contributed by atoms with Crippen LogP contribution >= 0.6 is 0 Å². The number of rotatable bonds is 4. The van der Waals surface area contributed by atoms with Gasteiger partial charge in [0, 0.05) is 12.1 Å². The fourth-order valence-corrected chi connectivity index (χ4v) is 3.35. The predicted molar refractivity (Wildman–Crippen MR) is 75.3 cm³/mol. The molecule has 1 aromatic rings. The number of carbonyl (C=O) groups is 1. The van der Waals surface area contributed by atoms with Gasteiger partial charge in [-0.1, -0.05) is 30.3 Å². The number of benzene rings is 1. The standard InChI is InChI=1S/C16H21NO3/c18-10-15(11-4-2-1-3-5-11)16(19)20-14-8-12-6-7-13(9-14)17-12/h1-5,12-15,17-18H,6-10H2/t12-,13?,14+,15-/m1/s1. The summed E-state index contributed by atoms with van der Waals surface area (Å²) >= 11 is 0. The lowest BCUT2D eigenvalue weighted by atomic mass is 9.99. The summed E-state index contributed by atoms with van der Waals surface area (Å²) < 4.78 is 5.64. The molecule has 0 amide bonds. The van der Waals surface area contributed by atoms with Gasteiger partial charge in [-0.15, -0.1) is 0 Å². The number of esters is 1. The quantitative estimate of drug-likeness (QED) is 0.819. The van der Waals surface area contributed by atoms with Gasteiger partial charge in [0.1, 0.15) is 12.0 Å². The summed E-state index contributed by atoms with van der Waals surface area (Å²) in [5.41, 5.74) is 0.817. The van der Waals surface area contributed by atoms with Gasteiger partial charge in [0.15, 0.2) is 0 Å². The number of ether oxygens (including phenoxy) is 1. The topological polar surface area (TPSA) is 58.6 Å². The molecule has 0 aliphatic carbocycles. The molecule has 20 heavy (non-hydrogen) atoms. The molecule has 2 fully saturated rings. The Balaban J connectivity index is 1.63. The van der Waals surface area contributed by atoms with Crippen molar-refractivity contribution in [1.29, 1.82) is 0 Å². The molecular weight excluding hydrogens is 254 g/mol. The van der Waals surface area contributed by atoms with E-state index >= 15 is 0 Å². The molecule has 2 saturated heterocycles. The number of fused-ring (bicyclic) bond motifs is 2. The third kappa shape index (κ3) is 2.86. The second kappa shape index (κ2) is 5.94. The summed E-state index contributed by atoms with van der Waals surface area (Å²) in [6.45, 7) is -0.208. The van der Waals surface area contributed by atoms with Crippen LogP contribution in [0.3, 0.4) is 0 Å². The molecule has 0 aromatic heterocycles. The molecule has 4 heteroatoms. The maximum atomic E-state index is 12.3. The molecule has 1 unspecified atom stereocenters. The van der Waals surface area contributed by atoms with Crippen LogP contribution in [0, 0.1) is 0 Å². The number of hydrogen-bond acceptors (Lipinski definition) is 4. The Hall–Kier alpha value is -1.39. The highest BCUT2D eigenvalue weighted by Crippen LogP contribution is 2.29. The van der Waals surface area contributed by atoms with Gasteiger partial charge in [0.25, 0.3) is 0 Å². The number of hydrogen-bond donors (Lipinski definition) is 2. The number of carbonyl (C=O) groups excluding carboxylic acids is 1. The first kappa shape index (κ1) is 13.6. The Morgan fingerprint density at radius 1 is 1.25 bits per heavy atom. The van der Waals surface area contributed by atoms with E-state index in [1.807, 2.05) is 30.3 Å². The van der Waals surface area contributed by atoms with E-state index in [1.54, 1.807) is 0 Å². The lowest BCUT2D eigenvalue weighted by Gasteiger charge is -2.29. The smallest absolute Gasteiger partial charge is 0.316 e. The average molecular weight is 275 g/mol. The fourth-order valence-electron chi connectivity index (χ4n) is 3.35. The minimum atomic E-state index is -0.566. The van der Waals surface area contributed by atoms with E-state index in [0.29, 0.717) is 12.1 Å². The third-order valence-electron chi connectivity index (χ3n) is 4.38. The Kier molecular flexibility index (Phi) is 4.03. The van der Waals surface area contributed by atoms with Crippen molar-refractivity contribution in [2.24, 2.45) is 0 Å². The first-order valence-corrected chi connectivity index (χ1v) is 7.38. The highest BCUT2D eigenvalue weighted by Gasteiger charge is 2.36. The normalized spacial score (nSPS) is 29.9. The SMILES string of the molecule is O=C(O[C@@H]1CC2CC[C@H](C1)N2)[C@H](CO)c1ccccc1. The molecule has 108 valence electrons. The summed E-state index contributed by atoms with van der Waals surface area (Å²) in [4.78, 5) is 12.3. The van der Waals surface area contributed by atoms with Crippen LogP contribution < -0.4 is 5.32 Å². The molecule has 0 radical (unpaired) electrons. The van der Waals surface area contributed by atoms with Gasteiger partial charge in [-0.2, -0.15) is 0 Å². The van der Waals surface area contributed by atoms with Crippen molar-refractivity contribution in [2.75, 3.05) is 6.61 Å². The predicted octanol–water partition coefficient (Wildman–Crippen LogP) is 1.59. The molecule has 2 heterocycles. The van der Waals surface area contributed by atoms with E-state index in [1.165, 1.54) is 12.8 Å². The van der Waals surface area contributed by atoms with E-state index in [4.69, 9.17) is 4.74 Å². The zero-order valence-corrected chi connectivity index (χ0v) is 11.5. The summed E-state index contributed by atoms with van der Waals surface area (Å²) in [7, 11) is 0. The number of aliphatic hydroxyl groups excluding tert-OH is 1. The van der Waals surface area contributed by atoms with E-state index in [2.05, 4.69) is 5.32 Å². The zero-order valence-electron chi connectivity index (χ0n) is 11.5. The lowest BCUT2D eigenvalue weighted by Crippen LogP contribution is -2.42. The van der Waals surface area contributed by atoms with Crippen LogP contribution in [-0.2, 0) is 9.53 Å². The first-order chi connectivity index (χ1) is 9.76. The van der Waals surface area contributed by atoms with Crippen LogP contribution in [0.5, 0.6) is 0 Å². The second-order valence-corrected chi connectivity index (χ2v) is 5.81. The molecule has 2 bridgehead atoms. The van der Waals surface area contributed by atoms with E-state index in [0.717, 1.165) is 18.4 Å². The summed E-state index contributed by atoms with van der Waals surface area (Å²) in [5, 5.41) is 13.0. The Morgan fingerprint density at radius 2 is 1.90 bits per heavy atom. The molecule has 1 aromatic carbocycles. The van der Waals surface area contributed by atoms with Crippen molar-refractivity contribution < 1.29 is 14.6 Å². The van der Waals surface area contributed by atoms with Crippen molar-refractivity contribution in [3.05, 3.63) is 35.9 Å². The zero-order chi connectivity index (χ0) is 13.9. The minimum absolute atomic E-state index is 0.000915. The highest BCUT2D eigenvalue weighted by molar-refractivity contribution is 5.78. The van der Waals surface area contributed by atoms with E-state index in [-0.39, 0.29) is 18.7 Å². The maximum absolute atomic E-state index is 12.3. The highest BCUT2D eigenvalue weighted by atomic mass is 16.5. The maximum Gasteiger partial charge on any atom is 0.316 e. The molecule has 2 aliphatic rings. The molecule has 0 saturated carbocycles. The summed E-state index contributed by atoms with van der Waals surface area (Å²) in [5.74, 6) is -0.867. The Bertz CT molecular complexity index is 450. The summed E-state index contributed by atoms with van der Waals surface area (Å²) in [6.07, 6.45) is 4.16. The lowest BCUT2D eigenvalue weighted by molar-refractivity contribution is -0.153. The Labute approximate surface area is 119 Å². The van der Waals surface area contributed by atoms with Crippen LogP contribution in [-0.4, -0.2) is 35.9 Å². The molecular formula is C16H21NO3. The van der Waals surface area contributed by atoms with Gasteiger partial charge in [-0.05, 0) is 31.2 Å². The van der Waals surface area contributed by atoms with Crippen LogP contribution in [0.15, 0.2) is 30.3 Å². The van der Waals surface area contributed by atoms with Gasteiger partial charge >= 0.3 is 5.97 Å². The fraction of sp³-hybridized carbons (Fsp3) is 0.562. The van der Waals surface area contributed by atoms with Crippen molar-refractivity contribution in [3.63, 3.8) is 0 Å². The summed E-state index contributed by atoms with van der Waals surface area (Å²) in [6, 6.07) is 10.3. The molecule has 2 aliphatic heterocycles. The van der Waals surface area contributed by atoms with Crippen molar-refractivity contribution >= 4 is 5.97 Å².